The van der Waals surface area contributed by atoms with E-state index in [2.05, 4.69) is 25.0 Å². The number of hydrogen-bond donors (Lipinski definition) is 1. The average molecular weight is 224 g/mol. The van der Waals surface area contributed by atoms with Crippen molar-refractivity contribution in [2.75, 3.05) is 19.5 Å². The zero-order valence-electron chi connectivity index (χ0n) is 9.06. The molecule has 0 unspecified atom stereocenters. The standard InChI is InChI=1S/C9H12N4O3/c1-15-8-11-6(5-3-4-5)10-7(12-8)13-9(14)16-2/h5H,3-4H2,1-2H3,(H,10,11,12,13,14). The molecule has 0 aliphatic heterocycles. The number of ether oxygens (including phenoxy) is 2. The van der Waals surface area contributed by atoms with E-state index in [9.17, 15) is 4.79 Å². The molecule has 1 aromatic rings. The van der Waals surface area contributed by atoms with Crippen LogP contribution in [0.3, 0.4) is 0 Å². The van der Waals surface area contributed by atoms with Crippen molar-refractivity contribution < 1.29 is 14.3 Å². The first kappa shape index (κ1) is 10.6. The van der Waals surface area contributed by atoms with Crippen molar-refractivity contribution in [3.8, 4) is 6.01 Å². The maximum absolute atomic E-state index is 11.0. The third-order valence-electron chi connectivity index (χ3n) is 2.16. The molecule has 1 fully saturated rings. The number of nitrogens with one attached hydrogen (secondary N) is 1. The van der Waals surface area contributed by atoms with Crippen LogP contribution in [0.2, 0.25) is 0 Å². The van der Waals surface area contributed by atoms with E-state index in [1.54, 1.807) is 0 Å². The van der Waals surface area contributed by atoms with Crippen LogP contribution in [0, 0.1) is 0 Å². The fourth-order valence-electron chi connectivity index (χ4n) is 1.19. The average Bonchev–Trinajstić information content (AvgIpc) is 3.12. The summed E-state index contributed by atoms with van der Waals surface area (Å²) in [5.74, 6) is 1.16. The third-order valence-corrected chi connectivity index (χ3v) is 2.16. The smallest absolute Gasteiger partial charge is 0.413 e. The Labute approximate surface area is 92.2 Å². The molecule has 1 amide bonds. The van der Waals surface area contributed by atoms with E-state index in [-0.39, 0.29) is 12.0 Å². The number of rotatable bonds is 3. The molecule has 0 atom stereocenters. The largest absolute Gasteiger partial charge is 0.467 e. The van der Waals surface area contributed by atoms with Crippen molar-refractivity contribution >= 4 is 12.0 Å². The van der Waals surface area contributed by atoms with E-state index >= 15 is 0 Å². The van der Waals surface area contributed by atoms with Crippen molar-refractivity contribution in [3.63, 3.8) is 0 Å². The summed E-state index contributed by atoms with van der Waals surface area (Å²) < 4.78 is 9.39. The minimum Gasteiger partial charge on any atom is -0.467 e. The number of anilines is 1. The lowest BCUT2D eigenvalue weighted by Gasteiger charge is -2.05. The summed E-state index contributed by atoms with van der Waals surface area (Å²) in [7, 11) is 2.74. The molecule has 1 aliphatic rings. The maximum atomic E-state index is 11.0. The van der Waals surface area contributed by atoms with Crippen LogP contribution in [0.5, 0.6) is 6.01 Å². The number of aromatic nitrogens is 3. The molecule has 0 radical (unpaired) electrons. The highest BCUT2D eigenvalue weighted by molar-refractivity contribution is 5.82. The molecule has 1 aliphatic carbocycles. The van der Waals surface area contributed by atoms with Crippen LogP contribution in [-0.4, -0.2) is 35.3 Å². The van der Waals surface area contributed by atoms with Gasteiger partial charge in [0.15, 0.2) is 0 Å². The van der Waals surface area contributed by atoms with E-state index in [1.807, 2.05) is 0 Å². The van der Waals surface area contributed by atoms with Gasteiger partial charge in [0.1, 0.15) is 5.82 Å². The van der Waals surface area contributed by atoms with Gasteiger partial charge in [-0.25, -0.2) is 4.79 Å². The van der Waals surface area contributed by atoms with E-state index in [4.69, 9.17) is 4.74 Å². The first-order valence-corrected chi connectivity index (χ1v) is 4.88. The van der Waals surface area contributed by atoms with Gasteiger partial charge in [0.2, 0.25) is 5.95 Å². The van der Waals surface area contributed by atoms with Crippen molar-refractivity contribution in [2.45, 2.75) is 18.8 Å². The molecule has 0 saturated heterocycles. The molecule has 16 heavy (non-hydrogen) atoms. The summed E-state index contributed by atoms with van der Waals surface area (Å²) in [6, 6.07) is 0.198. The highest BCUT2D eigenvalue weighted by Crippen LogP contribution is 2.38. The zero-order chi connectivity index (χ0) is 11.5. The minimum atomic E-state index is -0.616. The van der Waals surface area contributed by atoms with Gasteiger partial charge in [-0.15, -0.1) is 0 Å². The first-order valence-electron chi connectivity index (χ1n) is 4.88. The highest BCUT2D eigenvalue weighted by atomic mass is 16.5. The molecule has 1 aromatic heterocycles. The molecule has 0 aromatic carbocycles. The number of carbonyl (C=O) groups excluding carboxylic acids is 1. The molecule has 0 bridgehead atoms. The lowest BCUT2D eigenvalue weighted by molar-refractivity contribution is 0.186. The second-order valence-corrected chi connectivity index (χ2v) is 3.39. The molecule has 86 valence electrons. The van der Waals surface area contributed by atoms with Crippen molar-refractivity contribution in [3.05, 3.63) is 5.82 Å². The summed E-state index contributed by atoms with van der Waals surface area (Å²) in [6.45, 7) is 0. The summed E-state index contributed by atoms with van der Waals surface area (Å²) >= 11 is 0. The van der Waals surface area contributed by atoms with Crippen LogP contribution in [0.15, 0.2) is 0 Å². The van der Waals surface area contributed by atoms with Crippen molar-refractivity contribution in [1.82, 2.24) is 15.0 Å². The van der Waals surface area contributed by atoms with Gasteiger partial charge in [-0.3, -0.25) is 5.32 Å². The second kappa shape index (κ2) is 4.30. The van der Waals surface area contributed by atoms with Crippen LogP contribution in [0.4, 0.5) is 10.7 Å². The Morgan fingerprint density at radius 2 is 2.06 bits per heavy atom. The van der Waals surface area contributed by atoms with Crippen LogP contribution in [0.25, 0.3) is 0 Å². The van der Waals surface area contributed by atoms with Gasteiger partial charge in [0.25, 0.3) is 0 Å². The van der Waals surface area contributed by atoms with E-state index < -0.39 is 6.09 Å². The quantitative estimate of drug-likeness (QED) is 0.822. The third kappa shape index (κ3) is 2.36. The summed E-state index contributed by atoms with van der Waals surface area (Å²) in [6.07, 6.45) is 1.50. The first-order chi connectivity index (χ1) is 7.72. The molecule has 1 N–H and O–H groups in total. The minimum absolute atomic E-state index is 0.153. The number of hydrogen-bond acceptors (Lipinski definition) is 6. The van der Waals surface area contributed by atoms with E-state index in [1.165, 1.54) is 14.2 Å². The molecular weight excluding hydrogens is 212 g/mol. The van der Waals surface area contributed by atoms with Gasteiger partial charge in [-0.2, -0.15) is 15.0 Å². The molecule has 0 spiro atoms. The lowest BCUT2D eigenvalue weighted by Crippen LogP contribution is -2.15. The fourth-order valence-corrected chi connectivity index (χ4v) is 1.19. The van der Waals surface area contributed by atoms with Gasteiger partial charge in [-0.1, -0.05) is 0 Å². The Bertz CT molecular complexity index is 406. The summed E-state index contributed by atoms with van der Waals surface area (Å²) in [5, 5.41) is 2.39. The Balaban J connectivity index is 2.22. The molecule has 7 heteroatoms. The van der Waals surface area contributed by atoms with E-state index in [0.29, 0.717) is 11.7 Å². The summed E-state index contributed by atoms with van der Waals surface area (Å²) in [5.41, 5.74) is 0. The number of nitrogens with zero attached hydrogens (tertiary/aromatic N) is 3. The van der Waals surface area contributed by atoms with Gasteiger partial charge in [-0.05, 0) is 12.8 Å². The molecule has 7 nitrogen and oxygen atoms in total. The fraction of sp³-hybridized carbons (Fsp3) is 0.556. The normalized spacial score (nSPS) is 14.4. The second-order valence-electron chi connectivity index (χ2n) is 3.39. The van der Waals surface area contributed by atoms with Gasteiger partial charge in [0.05, 0.1) is 14.2 Å². The van der Waals surface area contributed by atoms with Crippen molar-refractivity contribution in [2.24, 2.45) is 0 Å². The zero-order valence-corrected chi connectivity index (χ0v) is 9.06. The van der Waals surface area contributed by atoms with E-state index in [0.717, 1.165) is 12.8 Å². The van der Waals surface area contributed by atoms with Crippen LogP contribution in [-0.2, 0) is 4.74 Å². The maximum Gasteiger partial charge on any atom is 0.413 e. The number of carbonyl (C=O) groups is 1. The predicted octanol–water partition coefficient (Wildman–Crippen LogP) is 0.936. The van der Waals surface area contributed by atoms with Gasteiger partial charge in [0, 0.05) is 5.92 Å². The Morgan fingerprint density at radius 1 is 1.31 bits per heavy atom. The monoisotopic (exact) mass is 224 g/mol. The topological polar surface area (TPSA) is 86.2 Å². The van der Waals surface area contributed by atoms with Crippen molar-refractivity contribution in [1.29, 1.82) is 0 Å². The SMILES string of the molecule is COC(=O)Nc1nc(OC)nc(C2CC2)n1. The molecular formula is C9H12N4O3. The number of methoxy groups -OCH3 is 2. The highest BCUT2D eigenvalue weighted by Gasteiger charge is 2.28. The van der Waals surface area contributed by atoms with Crippen LogP contribution >= 0.6 is 0 Å². The van der Waals surface area contributed by atoms with Crippen LogP contribution < -0.4 is 10.1 Å². The van der Waals surface area contributed by atoms with Gasteiger partial charge < -0.3 is 9.47 Å². The van der Waals surface area contributed by atoms with Gasteiger partial charge >= 0.3 is 12.1 Å². The molecule has 1 heterocycles. The predicted molar refractivity (Wildman–Crippen MR) is 54.4 cm³/mol. The number of amides is 1. The molecule has 1 saturated carbocycles. The Morgan fingerprint density at radius 3 is 2.62 bits per heavy atom. The lowest BCUT2D eigenvalue weighted by atomic mass is 10.4. The summed E-state index contributed by atoms with van der Waals surface area (Å²) in [4.78, 5) is 23.1. The Hall–Kier alpha value is -1.92. The molecule has 2 rings (SSSR count). The van der Waals surface area contributed by atoms with Crippen LogP contribution in [0.1, 0.15) is 24.6 Å². The Kier molecular flexibility index (Phi) is 2.84.